The second-order valence-electron chi connectivity index (χ2n) is 8.24. The van der Waals surface area contributed by atoms with Gasteiger partial charge in [0.2, 0.25) is 11.8 Å². The van der Waals surface area contributed by atoms with Gasteiger partial charge in [-0.3, -0.25) is 4.90 Å². The molecule has 3 aromatic rings. The van der Waals surface area contributed by atoms with E-state index in [0.717, 1.165) is 55.3 Å². The molecule has 1 aromatic carbocycles. The highest BCUT2D eigenvalue weighted by Crippen LogP contribution is 2.40. The number of hydrogen-bond donors (Lipinski definition) is 0. The lowest BCUT2D eigenvalue weighted by atomic mass is 10.2. The summed E-state index contributed by atoms with van der Waals surface area (Å²) in [4.78, 5) is 18.0. The molecule has 2 fully saturated rings. The molecule has 1 aliphatic carbocycles. The molecule has 5 rings (SSSR count). The molecule has 1 aliphatic heterocycles. The number of nitrogens with zero attached hydrogens (tertiary/aromatic N) is 5. The van der Waals surface area contributed by atoms with Gasteiger partial charge in [0.1, 0.15) is 12.1 Å². The molecule has 0 N–H and O–H groups in total. The minimum atomic E-state index is 0.0796. The number of rotatable bonds is 6. The molecule has 7 heteroatoms. The van der Waals surface area contributed by atoms with E-state index in [1.54, 1.807) is 6.33 Å². The summed E-state index contributed by atoms with van der Waals surface area (Å²) in [6.45, 7) is 8.72. The summed E-state index contributed by atoms with van der Waals surface area (Å²) in [7, 11) is 0. The van der Waals surface area contributed by atoms with E-state index in [9.17, 15) is 0 Å². The van der Waals surface area contributed by atoms with Crippen LogP contribution in [0.1, 0.15) is 44.3 Å². The smallest absolute Gasteiger partial charge is 0.224 e. The van der Waals surface area contributed by atoms with E-state index in [1.807, 2.05) is 20.0 Å². The number of aromatic nitrogens is 3. The Balaban J connectivity index is 1.25. The van der Waals surface area contributed by atoms with Gasteiger partial charge >= 0.3 is 0 Å². The maximum atomic E-state index is 5.92. The first kappa shape index (κ1) is 18.4. The van der Waals surface area contributed by atoms with Crippen LogP contribution in [0.4, 0.5) is 5.69 Å². The average Bonchev–Trinajstić information content (AvgIpc) is 3.47. The van der Waals surface area contributed by atoms with Gasteiger partial charge < -0.3 is 14.1 Å². The van der Waals surface area contributed by atoms with E-state index >= 15 is 0 Å². The van der Waals surface area contributed by atoms with Crippen molar-refractivity contribution in [3.8, 4) is 5.88 Å². The molecule has 0 atom stereocenters. The fraction of sp³-hybridized carbons (Fsp3) is 0.500. The molecule has 1 saturated carbocycles. The number of fused-ring (bicyclic) bond motifs is 1. The summed E-state index contributed by atoms with van der Waals surface area (Å²) in [6, 6.07) is 6.34. The third-order valence-corrected chi connectivity index (χ3v) is 5.58. The summed E-state index contributed by atoms with van der Waals surface area (Å²) < 4.78 is 11.8. The summed E-state index contributed by atoms with van der Waals surface area (Å²) in [5.74, 6) is 3.19. The Kier molecular flexibility index (Phi) is 4.83. The van der Waals surface area contributed by atoms with Crippen molar-refractivity contribution in [2.24, 2.45) is 0 Å². The number of hydrogen-bond acceptors (Lipinski definition) is 7. The minimum Gasteiger partial charge on any atom is -0.474 e. The van der Waals surface area contributed by atoms with E-state index < -0.39 is 0 Å². The van der Waals surface area contributed by atoms with Gasteiger partial charge in [0.05, 0.1) is 29.7 Å². The van der Waals surface area contributed by atoms with Crippen LogP contribution in [-0.4, -0.2) is 52.1 Å². The first-order chi connectivity index (χ1) is 14.2. The molecule has 7 nitrogen and oxygen atoms in total. The van der Waals surface area contributed by atoms with Crippen molar-refractivity contribution in [1.82, 2.24) is 19.9 Å². The van der Waals surface area contributed by atoms with Crippen LogP contribution in [0, 0.1) is 0 Å². The SMILES string of the molecule is CC(C)Oc1ncnc2ccc(N3CCN(Cc4ncc(C5CC5)o4)CC3)cc12. The van der Waals surface area contributed by atoms with Crippen LogP contribution < -0.4 is 9.64 Å². The number of anilines is 1. The highest BCUT2D eigenvalue weighted by molar-refractivity contribution is 5.86. The van der Waals surface area contributed by atoms with Crippen molar-refractivity contribution in [2.45, 2.75) is 45.3 Å². The van der Waals surface area contributed by atoms with Crippen LogP contribution in [0.3, 0.4) is 0 Å². The van der Waals surface area contributed by atoms with Gasteiger partial charge in [0.25, 0.3) is 0 Å². The predicted molar refractivity (Wildman–Crippen MR) is 111 cm³/mol. The molecule has 0 amide bonds. The van der Waals surface area contributed by atoms with Gasteiger partial charge in [0, 0.05) is 37.8 Å². The van der Waals surface area contributed by atoms with Gasteiger partial charge in [-0.2, -0.15) is 0 Å². The summed E-state index contributed by atoms with van der Waals surface area (Å²) in [6.07, 6.45) is 6.05. The Morgan fingerprint density at radius 3 is 2.69 bits per heavy atom. The number of piperazine rings is 1. The summed E-state index contributed by atoms with van der Waals surface area (Å²) in [5.41, 5.74) is 2.10. The molecular weight excluding hydrogens is 366 g/mol. The van der Waals surface area contributed by atoms with Crippen LogP contribution in [0.2, 0.25) is 0 Å². The summed E-state index contributed by atoms with van der Waals surface area (Å²) in [5, 5.41) is 0.966. The Hall–Kier alpha value is -2.67. The van der Waals surface area contributed by atoms with E-state index in [4.69, 9.17) is 9.15 Å². The van der Waals surface area contributed by atoms with Gasteiger partial charge in [-0.05, 0) is 44.9 Å². The molecule has 2 aromatic heterocycles. The van der Waals surface area contributed by atoms with Crippen molar-refractivity contribution in [2.75, 3.05) is 31.1 Å². The second kappa shape index (κ2) is 7.63. The molecular formula is C22H27N5O2. The Labute approximate surface area is 170 Å². The largest absolute Gasteiger partial charge is 0.474 e. The standard InChI is InChI=1S/C22H27N5O2/c1-15(2)28-22-18-11-17(5-6-19(18)24-14-25-22)27-9-7-26(8-10-27)13-21-23-12-20(29-21)16-3-4-16/h5-6,11-12,14-16H,3-4,7-10,13H2,1-2H3. The fourth-order valence-corrected chi connectivity index (χ4v) is 3.84. The van der Waals surface area contributed by atoms with Crippen molar-refractivity contribution in [1.29, 1.82) is 0 Å². The first-order valence-corrected chi connectivity index (χ1v) is 10.5. The Bertz CT molecular complexity index is 990. The predicted octanol–water partition coefficient (Wildman–Crippen LogP) is 3.60. The first-order valence-electron chi connectivity index (χ1n) is 10.5. The van der Waals surface area contributed by atoms with Crippen LogP contribution >= 0.6 is 0 Å². The number of ether oxygens (including phenoxy) is 1. The molecule has 1 saturated heterocycles. The van der Waals surface area contributed by atoms with Crippen molar-refractivity contribution >= 4 is 16.6 Å². The molecule has 0 bridgehead atoms. The zero-order valence-corrected chi connectivity index (χ0v) is 17.0. The maximum Gasteiger partial charge on any atom is 0.224 e. The maximum absolute atomic E-state index is 5.92. The average molecular weight is 393 g/mol. The Morgan fingerprint density at radius 1 is 1.10 bits per heavy atom. The minimum absolute atomic E-state index is 0.0796. The number of oxazole rings is 1. The molecule has 2 aliphatic rings. The fourth-order valence-electron chi connectivity index (χ4n) is 3.84. The molecule has 0 unspecified atom stereocenters. The molecule has 0 radical (unpaired) electrons. The normalized spacial score (nSPS) is 18.0. The quantitative estimate of drug-likeness (QED) is 0.634. The van der Waals surface area contributed by atoms with Gasteiger partial charge in [-0.1, -0.05) is 0 Å². The van der Waals surface area contributed by atoms with Gasteiger partial charge in [-0.25, -0.2) is 15.0 Å². The highest BCUT2D eigenvalue weighted by atomic mass is 16.5. The van der Waals surface area contributed by atoms with E-state index in [0.29, 0.717) is 11.8 Å². The third kappa shape index (κ3) is 4.05. The van der Waals surface area contributed by atoms with Crippen LogP contribution in [0.15, 0.2) is 35.1 Å². The topological polar surface area (TPSA) is 67.5 Å². The van der Waals surface area contributed by atoms with Crippen molar-refractivity contribution in [3.63, 3.8) is 0 Å². The van der Waals surface area contributed by atoms with E-state index in [1.165, 1.54) is 18.5 Å². The van der Waals surface area contributed by atoms with Crippen molar-refractivity contribution < 1.29 is 9.15 Å². The molecule has 152 valence electrons. The van der Waals surface area contributed by atoms with Gasteiger partial charge in [-0.15, -0.1) is 0 Å². The van der Waals surface area contributed by atoms with E-state index in [2.05, 4.69) is 43.0 Å². The van der Waals surface area contributed by atoms with Crippen molar-refractivity contribution in [3.05, 3.63) is 42.4 Å². The highest BCUT2D eigenvalue weighted by Gasteiger charge is 2.28. The zero-order valence-electron chi connectivity index (χ0n) is 17.0. The number of benzene rings is 1. The molecule has 3 heterocycles. The molecule has 0 spiro atoms. The monoisotopic (exact) mass is 393 g/mol. The molecule has 29 heavy (non-hydrogen) atoms. The lowest BCUT2D eigenvalue weighted by molar-refractivity contribution is 0.224. The lowest BCUT2D eigenvalue weighted by Gasteiger charge is -2.35. The zero-order chi connectivity index (χ0) is 19.8. The summed E-state index contributed by atoms with van der Waals surface area (Å²) >= 11 is 0. The lowest BCUT2D eigenvalue weighted by Crippen LogP contribution is -2.46. The third-order valence-electron chi connectivity index (χ3n) is 5.58. The van der Waals surface area contributed by atoms with Crippen LogP contribution in [0.25, 0.3) is 10.9 Å². The van der Waals surface area contributed by atoms with Gasteiger partial charge in [0.15, 0.2) is 0 Å². The second-order valence-corrected chi connectivity index (χ2v) is 8.24. The Morgan fingerprint density at radius 2 is 1.93 bits per heavy atom. The van der Waals surface area contributed by atoms with Crippen LogP contribution in [-0.2, 0) is 6.54 Å². The van der Waals surface area contributed by atoms with Crippen LogP contribution in [0.5, 0.6) is 5.88 Å². The van der Waals surface area contributed by atoms with E-state index in [-0.39, 0.29) is 6.10 Å².